The number of hydrogen-bond acceptors (Lipinski definition) is 3. The van der Waals surface area contributed by atoms with Crippen LogP contribution in [-0.4, -0.2) is 24.9 Å². The van der Waals surface area contributed by atoms with E-state index < -0.39 is 0 Å². The molecule has 0 aromatic carbocycles. The van der Waals surface area contributed by atoms with Gasteiger partial charge in [-0.25, -0.2) is 0 Å². The molecule has 0 saturated carbocycles. The van der Waals surface area contributed by atoms with Gasteiger partial charge >= 0.3 is 0 Å². The molecule has 2 rings (SSSR count). The lowest BCUT2D eigenvalue weighted by atomic mass is 10.1. The number of nitrogens with zero attached hydrogens (tertiary/aromatic N) is 1. The molecule has 2 atom stereocenters. The molecule has 2 saturated heterocycles. The van der Waals surface area contributed by atoms with Crippen molar-refractivity contribution in [2.24, 2.45) is 0 Å². The molecule has 0 N–H and O–H groups in total. The largest absolute Gasteiger partial charge is 0.378 e. The molecule has 2 aliphatic heterocycles. The minimum absolute atomic E-state index is 0.172. The van der Waals surface area contributed by atoms with Crippen LogP contribution < -0.4 is 0 Å². The molecule has 0 aromatic rings. The second-order valence-electron chi connectivity index (χ2n) is 2.49. The van der Waals surface area contributed by atoms with Gasteiger partial charge in [-0.3, -0.25) is 0 Å². The van der Waals surface area contributed by atoms with E-state index in [1.54, 1.807) is 0 Å². The third-order valence-electron chi connectivity index (χ3n) is 1.91. The lowest BCUT2D eigenvalue weighted by Crippen LogP contribution is -2.12. The predicted octanol–water partition coefficient (Wildman–Crippen LogP) is 0.0679. The summed E-state index contributed by atoms with van der Waals surface area (Å²) in [6, 6.07) is 2.07. The zero-order valence-electron chi connectivity index (χ0n) is 4.96. The topological polar surface area (TPSA) is 45.5 Å². The van der Waals surface area contributed by atoms with E-state index in [-0.39, 0.29) is 11.7 Å². The highest BCUT2D eigenvalue weighted by Crippen LogP contribution is 2.42. The Kier molecular flexibility index (Phi) is 0.850. The first kappa shape index (κ1) is 5.21. The van der Waals surface area contributed by atoms with Gasteiger partial charge in [-0.2, -0.15) is 5.26 Å². The highest BCUT2D eigenvalue weighted by atomic mass is 16.6. The van der Waals surface area contributed by atoms with Crippen molar-refractivity contribution < 1.29 is 9.47 Å². The highest BCUT2D eigenvalue weighted by molar-refractivity contribution is 5.15. The van der Waals surface area contributed by atoms with Crippen molar-refractivity contribution in [1.29, 1.82) is 5.26 Å². The van der Waals surface area contributed by atoms with Crippen LogP contribution in [0, 0.1) is 11.3 Å². The fourth-order valence-electron chi connectivity index (χ4n) is 1.21. The summed E-state index contributed by atoms with van der Waals surface area (Å²) < 4.78 is 10.2. The van der Waals surface area contributed by atoms with Gasteiger partial charge < -0.3 is 9.47 Å². The minimum Gasteiger partial charge on any atom is -0.378 e. The number of rotatable bonds is 0. The molecular weight excluding hydrogens is 118 g/mol. The summed E-state index contributed by atoms with van der Waals surface area (Å²) in [4.78, 5) is 0. The molecule has 48 valence electrons. The van der Waals surface area contributed by atoms with Gasteiger partial charge in [0.1, 0.15) is 5.60 Å². The third kappa shape index (κ3) is 0.576. The minimum atomic E-state index is -0.181. The van der Waals surface area contributed by atoms with E-state index in [1.165, 1.54) is 0 Å². The summed E-state index contributed by atoms with van der Waals surface area (Å²) in [5.74, 6) is 0. The summed E-state index contributed by atoms with van der Waals surface area (Å²) in [6.07, 6.45) is 0.714. The Hall–Kier alpha value is -0.590. The van der Waals surface area contributed by atoms with Crippen molar-refractivity contribution in [1.82, 2.24) is 0 Å². The van der Waals surface area contributed by atoms with Gasteiger partial charge in [0.2, 0.25) is 0 Å². The van der Waals surface area contributed by atoms with Crippen LogP contribution >= 0.6 is 0 Å². The summed E-state index contributed by atoms with van der Waals surface area (Å²) in [5.41, 5.74) is -0.172. The molecule has 0 aromatic heterocycles. The second-order valence-corrected chi connectivity index (χ2v) is 2.49. The van der Waals surface area contributed by atoms with Crippen LogP contribution in [0.1, 0.15) is 6.42 Å². The summed E-state index contributed by atoms with van der Waals surface area (Å²) in [5, 5.41) is 8.40. The molecule has 0 amide bonds. The van der Waals surface area contributed by atoms with E-state index >= 15 is 0 Å². The Morgan fingerprint density at radius 3 is 3.00 bits per heavy atom. The zero-order valence-corrected chi connectivity index (χ0v) is 4.96. The molecule has 2 aliphatic rings. The molecule has 0 bridgehead atoms. The standard InChI is InChI=1S/C6H7NO2/c7-3-5-6(9-5)1-2-8-4-6/h5H,1-2,4H2. The monoisotopic (exact) mass is 125 g/mol. The van der Waals surface area contributed by atoms with E-state index in [9.17, 15) is 0 Å². The Balaban J connectivity index is 2.07. The third-order valence-corrected chi connectivity index (χ3v) is 1.91. The second kappa shape index (κ2) is 1.47. The first-order valence-corrected chi connectivity index (χ1v) is 3.03. The zero-order chi connectivity index (χ0) is 6.32. The quantitative estimate of drug-likeness (QED) is 0.430. The van der Waals surface area contributed by atoms with Gasteiger partial charge in [0.25, 0.3) is 0 Å². The Labute approximate surface area is 53.2 Å². The molecule has 0 aliphatic carbocycles. The maximum absolute atomic E-state index is 8.40. The molecule has 2 unspecified atom stereocenters. The summed E-state index contributed by atoms with van der Waals surface area (Å²) >= 11 is 0. The lowest BCUT2D eigenvalue weighted by Gasteiger charge is -1.91. The normalized spacial score (nSPS) is 47.2. The van der Waals surface area contributed by atoms with Gasteiger partial charge in [-0.1, -0.05) is 0 Å². The maximum atomic E-state index is 8.40. The van der Waals surface area contributed by atoms with Crippen molar-refractivity contribution in [3.63, 3.8) is 0 Å². The SMILES string of the molecule is N#CC1OC12CCOC2. The van der Waals surface area contributed by atoms with Crippen LogP contribution in [0.4, 0.5) is 0 Å². The molecule has 9 heavy (non-hydrogen) atoms. The van der Waals surface area contributed by atoms with Crippen LogP contribution in [0.3, 0.4) is 0 Å². The number of epoxide rings is 1. The first-order valence-electron chi connectivity index (χ1n) is 3.03. The average Bonchev–Trinajstić information content (AvgIpc) is 2.30. The first-order chi connectivity index (χ1) is 4.37. The van der Waals surface area contributed by atoms with E-state index in [4.69, 9.17) is 14.7 Å². The van der Waals surface area contributed by atoms with Crippen LogP contribution in [0.5, 0.6) is 0 Å². The van der Waals surface area contributed by atoms with Gasteiger partial charge in [-0.05, 0) is 0 Å². The van der Waals surface area contributed by atoms with Crippen molar-refractivity contribution in [3.8, 4) is 6.07 Å². The van der Waals surface area contributed by atoms with Crippen LogP contribution in [-0.2, 0) is 9.47 Å². The van der Waals surface area contributed by atoms with Gasteiger partial charge in [0.05, 0.1) is 12.7 Å². The highest BCUT2D eigenvalue weighted by Gasteiger charge is 2.59. The molecule has 3 heteroatoms. The maximum Gasteiger partial charge on any atom is 0.176 e. The fraction of sp³-hybridized carbons (Fsp3) is 0.833. The van der Waals surface area contributed by atoms with Gasteiger partial charge in [0, 0.05) is 13.0 Å². The van der Waals surface area contributed by atoms with E-state index in [0.717, 1.165) is 13.0 Å². The smallest absolute Gasteiger partial charge is 0.176 e. The number of ether oxygens (including phenoxy) is 2. The van der Waals surface area contributed by atoms with Gasteiger partial charge in [-0.15, -0.1) is 0 Å². The Morgan fingerprint density at radius 2 is 2.56 bits per heavy atom. The predicted molar refractivity (Wildman–Crippen MR) is 28.7 cm³/mol. The van der Waals surface area contributed by atoms with Crippen molar-refractivity contribution in [3.05, 3.63) is 0 Å². The molecule has 0 radical (unpaired) electrons. The van der Waals surface area contributed by atoms with Crippen LogP contribution in [0.2, 0.25) is 0 Å². The molecule has 1 spiro atoms. The van der Waals surface area contributed by atoms with Crippen LogP contribution in [0.25, 0.3) is 0 Å². The molecular formula is C6H7NO2. The Bertz CT molecular complexity index is 166. The fourth-order valence-corrected chi connectivity index (χ4v) is 1.21. The molecule has 3 nitrogen and oxygen atoms in total. The average molecular weight is 125 g/mol. The number of hydrogen-bond donors (Lipinski definition) is 0. The molecule has 2 fully saturated rings. The lowest BCUT2D eigenvalue weighted by molar-refractivity contribution is 0.171. The van der Waals surface area contributed by atoms with Crippen molar-refractivity contribution in [2.75, 3.05) is 13.2 Å². The molecule has 2 heterocycles. The van der Waals surface area contributed by atoms with E-state index in [1.807, 2.05) is 0 Å². The summed E-state index contributed by atoms with van der Waals surface area (Å²) in [6.45, 7) is 1.36. The van der Waals surface area contributed by atoms with Crippen LogP contribution in [0.15, 0.2) is 0 Å². The number of nitriles is 1. The Morgan fingerprint density at radius 1 is 1.67 bits per heavy atom. The van der Waals surface area contributed by atoms with Crippen molar-refractivity contribution >= 4 is 0 Å². The van der Waals surface area contributed by atoms with Gasteiger partial charge in [0.15, 0.2) is 6.10 Å². The summed E-state index contributed by atoms with van der Waals surface area (Å²) in [7, 11) is 0. The van der Waals surface area contributed by atoms with E-state index in [0.29, 0.717) is 6.61 Å². The van der Waals surface area contributed by atoms with Crippen molar-refractivity contribution in [2.45, 2.75) is 18.1 Å². The van der Waals surface area contributed by atoms with E-state index in [2.05, 4.69) is 6.07 Å².